The Morgan fingerprint density at radius 1 is 0.686 bits per heavy atom. The van der Waals surface area contributed by atoms with E-state index < -0.39 is 0 Å². The Bertz CT molecular complexity index is 2370. The van der Waals surface area contributed by atoms with Crippen molar-refractivity contribution >= 4 is 21.8 Å². The first-order chi connectivity index (χ1) is 24.3. The van der Waals surface area contributed by atoms with Crippen LogP contribution in [0.25, 0.3) is 44.4 Å². The molecule has 2 unspecified atom stereocenters. The van der Waals surface area contributed by atoms with Crippen LogP contribution in [0.4, 0.5) is 0 Å². The second-order valence-corrected chi connectivity index (χ2v) is 15.8. The first-order valence-electron chi connectivity index (χ1n) is 18.3. The van der Waals surface area contributed by atoms with Gasteiger partial charge in [-0.05, 0) is 115 Å². The number of benzene rings is 4. The Morgan fingerprint density at radius 2 is 1.45 bits per heavy atom. The average molecular weight is 675 g/mol. The van der Waals surface area contributed by atoms with Crippen molar-refractivity contribution in [1.82, 2.24) is 19.3 Å². The maximum atomic E-state index is 6.77. The number of aryl methyl sites for hydroxylation is 2. The van der Waals surface area contributed by atoms with E-state index in [1.165, 1.54) is 38.6 Å². The van der Waals surface area contributed by atoms with Crippen LogP contribution in [-0.2, 0) is 0 Å². The molecule has 0 aliphatic heterocycles. The molecular weight excluding hydrogens is 625 g/mol. The van der Waals surface area contributed by atoms with Crippen molar-refractivity contribution in [2.75, 3.05) is 0 Å². The summed E-state index contributed by atoms with van der Waals surface area (Å²) in [5.41, 5.74) is 11.6. The van der Waals surface area contributed by atoms with E-state index in [0.29, 0.717) is 17.8 Å². The van der Waals surface area contributed by atoms with Gasteiger partial charge in [0.2, 0.25) is 0 Å². The summed E-state index contributed by atoms with van der Waals surface area (Å²) < 4.78 is 11.1. The van der Waals surface area contributed by atoms with E-state index in [-0.39, 0.29) is 5.41 Å². The molecule has 0 spiro atoms. The van der Waals surface area contributed by atoms with Gasteiger partial charge in [0.05, 0.1) is 22.4 Å². The van der Waals surface area contributed by atoms with Crippen LogP contribution < -0.4 is 4.74 Å². The van der Waals surface area contributed by atoms with E-state index in [1.54, 1.807) is 0 Å². The summed E-state index contributed by atoms with van der Waals surface area (Å²) in [6, 6.07) is 34.6. The van der Waals surface area contributed by atoms with Gasteiger partial charge in [-0.1, -0.05) is 84.9 Å². The molecule has 5 heteroatoms. The zero-order chi connectivity index (χ0) is 36.2. The summed E-state index contributed by atoms with van der Waals surface area (Å²) >= 11 is 0. The minimum Gasteiger partial charge on any atom is -0.457 e. The molecule has 7 rings (SSSR count). The Hall–Kier alpha value is -5.16. The lowest BCUT2D eigenvalue weighted by atomic mass is 9.72. The number of hydrogen-bond donors (Lipinski definition) is 0. The molecule has 51 heavy (non-hydrogen) atoms. The van der Waals surface area contributed by atoms with Gasteiger partial charge in [0.1, 0.15) is 17.3 Å². The molecule has 0 fully saturated rings. The lowest BCUT2D eigenvalue weighted by molar-refractivity contribution is 0.228. The van der Waals surface area contributed by atoms with Gasteiger partial charge < -0.3 is 4.74 Å². The van der Waals surface area contributed by atoms with Crippen LogP contribution in [0.5, 0.6) is 11.5 Å². The number of rotatable bonds is 8. The lowest BCUT2D eigenvalue weighted by Crippen LogP contribution is -2.22. The molecule has 0 N–H and O–H groups in total. The van der Waals surface area contributed by atoms with Crippen LogP contribution in [-0.4, -0.2) is 19.3 Å². The van der Waals surface area contributed by atoms with E-state index in [2.05, 4.69) is 169 Å². The molecule has 5 nitrogen and oxygen atoms in total. The van der Waals surface area contributed by atoms with Gasteiger partial charge in [-0.25, -0.2) is 9.67 Å². The van der Waals surface area contributed by atoms with Crippen molar-refractivity contribution in [3.63, 3.8) is 0 Å². The zero-order valence-corrected chi connectivity index (χ0v) is 31.7. The number of nitrogens with zero attached hydrogens (tertiary/aromatic N) is 4. The second-order valence-electron chi connectivity index (χ2n) is 15.8. The molecule has 0 saturated carbocycles. The maximum Gasteiger partial charge on any atom is 0.137 e. The van der Waals surface area contributed by atoms with Gasteiger partial charge in [-0.15, -0.1) is 0 Å². The normalized spacial score (nSPS) is 13.3. The highest BCUT2D eigenvalue weighted by Crippen LogP contribution is 2.41. The number of fused-ring (bicyclic) bond motifs is 3. The van der Waals surface area contributed by atoms with Gasteiger partial charge in [0.15, 0.2) is 0 Å². The molecule has 3 aromatic heterocycles. The third-order valence-corrected chi connectivity index (χ3v) is 10.9. The zero-order valence-electron chi connectivity index (χ0n) is 31.7. The standard InChI is InChI=1S/C46H50N4O/c1-28(2)36-23-37(50-33(7)45(32(6)48-50)34-14-12-11-13-15-34)26-39(24-36)51-38-17-18-40-41-25-35(30(4)31(5)46(8,9)10)16-19-42(41)49(43(40)27-38)44-22-29(3)20-21-47-44/h11-28,30-31H,1-10H3. The highest BCUT2D eigenvalue weighted by atomic mass is 16.5. The summed E-state index contributed by atoms with van der Waals surface area (Å²) in [4.78, 5) is 4.84. The fraction of sp³-hybridized carbons (Fsp3) is 0.304. The summed E-state index contributed by atoms with van der Waals surface area (Å²) in [7, 11) is 0. The highest BCUT2D eigenvalue weighted by Gasteiger charge is 2.27. The Morgan fingerprint density at radius 3 is 2.16 bits per heavy atom. The van der Waals surface area contributed by atoms with Crippen molar-refractivity contribution in [3.8, 4) is 34.1 Å². The molecule has 3 heterocycles. The molecule has 0 aliphatic carbocycles. The first kappa shape index (κ1) is 34.3. The largest absolute Gasteiger partial charge is 0.457 e. The van der Waals surface area contributed by atoms with Crippen LogP contribution in [0.1, 0.15) is 88.4 Å². The van der Waals surface area contributed by atoms with E-state index in [0.717, 1.165) is 45.4 Å². The summed E-state index contributed by atoms with van der Waals surface area (Å²) in [5, 5.41) is 7.43. The minimum atomic E-state index is 0.214. The monoisotopic (exact) mass is 674 g/mol. The van der Waals surface area contributed by atoms with Crippen LogP contribution in [0.2, 0.25) is 0 Å². The van der Waals surface area contributed by atoms with Crippen LogP contribution in [0.3, 0.4) is 0 Å². The van der Waals surface area contributed by atoms with Crippen molar-refractivity contribution < 1.29 is 4.74 Å². The first-order valence-corrected chi connectivity index (χ1v) is 18.3. The molecule has 4 aromatic carbocycles. The molecule has 0 saturated heterocycles. The smallest absolute Gasteiger partial charge is 0.137 e. The lowest BCUT2D eigenvalue weighted by Gasteiger charge is -2.32. The fourth-order valence-corrected chi connectivity index (χ4v) is 7.47. The molecule has 7 aromatic rings. The minimum absolute atomic E-state index is 0.214. The number of aromatic nitrogens is 4. The number of hydrogen-bond acceptors (Lipinski definition) is 3. The topological polar surface area (TPSA) is 44.9 Å². The number of ether oxygens (including phenoxy) is 1. The van der Waals surface area contributed by atoms with E-state index in [4.69, 9.17) is 14.8 Å². The predicted molar refractivity (Wildman–Crippen MR) is 213 cm³/mol. The Kier molecular flexibility index (Phi) is 8.87. The van der Waals surface area contributed by atoms with Crippen molar-refractivity contribution in [2.45, 2.75) is 81.1 Å². The second kappa shape index (κ2) is 13.2. The van der Waals surface area contributed by atoms with Gasteiger partial charge in [0, 0.05) is 40.4 Å². The Labute approximate surface area is 302 Å². The fourth-order valence-electron chi connectivity index (χ4n) is 7.47. The summed E-state index contributed by atoms with van der Waals surface area (Å²) in [6.45, 7) is 22.5. The molecule has 0 bridgehead atoms. The third-order valence-electron chi connectivity index (χ3n) is 10.9. The maximum absolute atomic E-state index is 6.77. The highest BCUT2D eigenvalue weighted by molar-refractivity contribution is 6.09. The molecular formula is C46H50N4O. The van der Waals surface area contributed by atoms with Crippen molar-refractivity contribution in [3.05, 3.63) is 131 Å². The number of pyridine rings is 1. The summed E-state index contributed by atoms with van der Waals surface area (Å²) in [6.07, 6.45) is 1.89. The van der Waals surface area contributed by atoms with Gasteiger partial charge >= 0.3 is 0 Å². The van der Waals surface area contributed by atoms with E-state index in [1.807, 2.05) is 12.3 Å². The van der Waals surface area contributed by atoms with Crippen LogP contribution >= 0.6 is 0 Å². The molecule has 260 valence electrons. The third kappa shape index (κ3) is 6.46. The van der Waals surface area contributed by atoms with Crippen LogP contribution in [0, 0.1) is 32.1 Å². The van der Waals surface area contributed by atoms with Gasteiger partial charge in [-0.2, -0.15) is 5.10 Å². The average Bonchev–Trinajstić information content (AvgIpc) is 3.59. The van der Waals surface area contributed by atoms with Gasteiger partial charge in [0.25, 0.3) is 0 Å². The molecule has 0 aliphatic rings. The van der Waals surface area contributed by atoms with Gasteiger partial charge in [-0.3, -0.25) is 4.57 Å². The van der Waals surface area contributed by atoms with Crippen molar-refractivity contribution in [2.24, 2.45) is 11.3 Å². The molecule has 2 atom stereocenters. The SMILES string of the molecule is Cc1ccnc(-n2c3ccc(C(C)C(C)C(C)(C)C)cc3c3ccc(Oc4cc(C(C)C)cc(-n5nc(C)c(-c6ccccc6)c5C)c4)cc32)c1. The molecule has 0 amide bonds. The van der Waals surface area contributed by atoms with Crippen LogP contribution in [0.15, 0.2) is 103 Å². The van der Waals surface area contributed by atoms with Crippen molar-refractivity contribution in [1.29, 1.82) is 0 Å². The summed E-state index contributed by atoms with van der Waals surface area (Å²) in [5.74, 6) is 3.72. The Balaban J connectivity index is 1.34. The quantitative estimate of drug-likeness (QED) is 0.161. The molecule has 0 radical (unpaired) electrons. The van der Waals surface area contributed by atoms with E-state index >= 15 is 0 Å². The van der Waals surface area contributed by atoms with E-state index in [9.17, 15) is 0 Å². The predicted octanol–water partition coefficient (Wildman–Crippen LogP) is 12.7.